The standard InChI is InChI=1S/C42H67N5O18/c1-5-6-7-8-9-10-11-12-13-14-23(61-28(51)18-22(2)17-27(49)50)19-29(52)62-25-21-45(3)31(38(57)46(4)30(25)40(58)59)36(65-41-35(56)32(53)24(20-43)63-41)37-33(54)34(55)39(64-37)47-16-15-26(48)44-42(47)60/h15-16,22-25,30-37,39,41,53-56H,5-14,17-21,43H2,1-4H3,(H,49,50)(H,58,59)(H,44,48,60)/t22?,23?,24-,25?,30?,31?,32-,33+,34-,35-,36?,37+,39-,41+/m1/s1. The zero-order valence-electron chi connectivity index (χ0n) is 37.3. The third-order valence-electron chi connectivity index (χ3n) is 12.1. The van der Waals surface area contributed by atoms with Crippen LogP contribution in [0.2, 0.25) is 0 Å². The number of unbranched alkanes of at least 4 members (excludes halogenated alkanes) is 8. The number of H-pyrrole nitrogens is 1. The van der Waals surface area contributed by atoms with Gasteiger partial charge in [-0.25, -0.2) is 9.59 Å². The van der Waals surface area contributed by atoms with Crippen LogP contribution in [-0.2, 0) is 47.7 Å². The quantitative estimate of drug-likeness (QED) is 0.0422. The number of carboxylic acids is 2. The van der Waals surface area contributed by atoms with Gasteiger partial charge in [0.25, 0.3) is 5.56 Å². The van der Waals surface area contributed by atoms with Gasteiger partial charge in [0.05, 0.1) is 6.42 Å². The summed E-state index contributed by atoms with van der Waals surface area (Å²) in [5.41, 5.74) is 3.91. The zero-order valence-corrected chi connectivity index (χ0v) is 37.3. The predicted octanol–water partition coefficient (Wildman–Crippen LogP) is -1.19. The summed E-state index contributed by atoms with van der Waals surface area (Å²) >= 11 is 0. The number of aliphatic hydroxyl groups excluding tert-OH is 4. The summed E-state index contributed by atoms with van der Waals surface area (Å²) < 4.78 is 30.0. The van der Waals surface area contributed by atoms with Crippen LogP contribution in [0.5, 0.6) is 0 Å². The Balaban J connectivity index is 1.59. The van der Waals surface area contributed by atoms with Crippen molar-refractivity contribution in [3.63, 3.8) is 0 Å². The zero-order chi connectivity index (χ0) is 48.1. The first-order valence-corrected chi connectivity index (χ1v) is 22.3. The molecule has 23 heteroatoms. The van der Waals surface area contributed by atoms with E-state index in [1.165, 1.54) is 24.8 Å². The minimum Gasteiger partial charge on any atom is -0.481 e. The Kier molecular flexibility index (Phi) is 20.5. The molecule has 6 unspecified atom stereocenters. The highest BCUT2D eigenvalue weighted by Gasteiger charge is 2.57. The van der Waals surface area contributed by atoms with Crippen molar-refractivity contribution in [1.29, 1.82) is 0 Å². The molecule has 3 saturated heterocycles. The van der Waals surface area contributed by atoms with Crippen LogP contribution in [-0.4, -0.2) is 180 Å². The number of carbonyl (C=O) groups excluding carboxylic acids is 3. The molecule has 0 spiro atoms. The molecule has 0 radical (unpaired) electrons. The van der Waals surface area contributed by atoms with Gasteiger partial charge in [0.15, 0.2) is 18.6 Å². The molecule has 3 fully saturated rings. The van der Waals surface area contributed by atoms with Gasteiger partial charge < -0.3 is 65.0 Å². The van der Waals surface area contributed by atoms with Gasteiger partial charge >= 0.3 is 29.6 Å². The fourth-order valence-corrected chi connectivity index (χ4v) is 8.60. The lowest BCUT2D eigenvalue weighted by Gasteiger charge is -2.38. The topological polar surface area (TPSA) is 340 Å². The minimum atomic E-state index is -1.95. The van der Waals surface area contributed by atoms with E-state index >= 15 is 0 Å². The molecule has 65 heavy (non-hydrogen) atoms. The normalized spacial score (nSPS) is 29.8. The third kappa shape index (κ3) is 14.3. The van der Waals surface area contributed by atoms with Crippen LogP contribution in [0.15, 0.2) is 21.9 Å². The maximum absolute atomic E-state index is 14.5. The van der Waals surface area contributed by atoms with E-state index in [1.807, 2.05) is 4.98 Å². The number of aliphatic hydroxyl groups is 4. The van der Waals surface area contributed by atoms with Crippen LogP contribution in [0.4, 0.5) is 0 Å². The van der Waals surface area contributed by atoms with Gasteiger partial charge in [-0.15, -0.1) is 0 Å². The van der Waals surface area contributed by atoms with Crippen molar-refractivity contribution in [2.45, 2.75) is 177 Å². The average Bonchev–Trinajstić information content (AvgIpc) is 3.64. The van der Waals surface area contributed by atoms with Crippen LogP contribution in [0.3, 0.4) is 0 Å². The second kappa shape index (κ2) is 25.0. The molecule has 1 amide bonds. The number of aliphatic carboxylic acids is 2. The number of nitrogens with one attached hydrogen (secondary N) is 1. The SMILES string of the molecule is CCCCCCCCCCCC(CC(=O)OC1CN(C)C(C(O[C@@H]2O[C@H](CN)[C@@H](O)[C@H]2O)[C@H]2O[C@@H](n3ccc(=O)[nH]c3=O)[C@H](O)[C@@H]2O)C(=O)N(C)C1C(=O)O)OC(=O)CC(C)CC(=O)O. The molecule has 4 heterocycles. The van der Waals surface area contributed by atoms with Crippen LogP contribution >= 0.6 is 0 Å². The lowest BCUT2D eigenvalue weighted by molar-refractivity contribution is -0.233. The molecule has 9 N–H and O–H groups in total. The number of esters is 2. The van der Waals surface area contributed by atoms with E-state index < -0.39 is 139 Å². The number of nitrogens with two attached hydrogens (primary N) is 1. The summed E-state index contributed by atoms with van der Waals surface area (Å²) in [4.78, 5) is 93.9. The Morgan fingerprint density at radius 2 is 1.51 bits per heavy atom. The molecule has 0 aliphatic carbocycles. The Morgan fingerprint density at radius 3 is 2.09 bits per heavy atom. The highest BCUT2D eigenvalue weighted by Crippen LogP contribution is 2.36. The summed E-state index contributed by atoms with van der Waals surface area (Å²) in [7, 11) is 2.46. The minimum absolute atomic E-state index is 0.227. The Morgan fingerprint density at radius 1 is 0.862 bits per heavy atom. The summed E-state index contributed by atoms with van der Waals surface area (Å²) in [6.45, 7) is 2.95. The van der Waals surface area contributed by atoms with Crippen molar-refractivity contribution >= 4 is 29.8 Å². The van der Waals surface area contributed by atoms with Crippen LogP contribution in [0.1, 0.15) is 104 Å². The summed E-state index contributed by atoms with van der Waals surface area (Å²) in [6.07, 6.45) is -8.65. The fraction of sp³-hybridized carbons (Fsp3) is 0.786. The van der Waals surface area contributed by atoms with Crippen LogP contribution < -0.4 is 17.0 Å². The van der Waals surface area contributed by atoms with Gasteiger partial charge in [0, 0.05) is 45.2 Å². The van der Waals surface area contributed by atoms with Crippen molar-refractivity contribution in [3.05, 3.63) is 33.1 Å². The molecular weight excluding hydrogens is 862 g/mol. The van der Waals surface area contributed by atoms with E-state index in [-0.39, 0.29) is 25.8 Å². The van der Waals surface area contributed by atoms with Gasteiger partial charge in [-0.1, -0.05) is 65.2 Å². The molecule has 368 valence electrons. The molecule has 3 aliphatic heterocycles. The van der Waals surface area contributed by atoms with Crippen molar-refractivity contribution in [2.75, 3.05) is 27.2 Å². The van der Waals surface area contributed by atoms with Gasteiger partial charge in [-0.2, -0.15) is 0 Å². The number of aromatic amines is 1. The first-order valence-electron chi connectivity index (χ1n) is 22.3. The van der Waals surface area contributed by atoms with Gasteiger partial charge in [-0.05, 0) is 25.8 Å². The van der Waals surface area contributed by atoms with Crippen molar-refractivity contribution in [1.82, 2.24) is 19.4 Å². The second-order valence-electron chi connectivity index (χ2n) is 17.3. The van der Waals surface area contributed by atoms with E-state index in [9.17, 15) is 59.1 Å². The Labute approximate surface area is 375 Å². The number of nitrogens with zero attached hydrogens (tertiary/aromatic N) is 3. The second-order valence-corrected chi connectivity index (χ2v) is 17.3. The number of aromatic nitrogens is 2. The van der Waals surface area contributed by atoms with Crippen molar-refractivity contribution in [2.24, 2.45) is 11.7 Å². The number of amides is 1. The highest BCUT2D eigenvalue weighted by molar-refractivity contribution is 5.88. The maximum atomic E-state index is 14.5. The average molecular weight is 930 g/mol. The van der Waals surface area contributed by atoms with E-state index in [2.05, 4.69) is 6.92 Å². The molecule has 23 nitrogen and oxygen atoms in total. The summed E-state index contributed by atoms with van der Waals surface area (Å²) in [5, 5.41) is 63.7. The first kappa shape index (κ1) is 53.3. The number of likely N-dealkylation sites (N-methyl/N-ethyl adjacent to an activating group) is 2. The first-order chi connectivity index (χ1) is 30.8. The molecule has 0 aromatic carbocycles. The monoisotopic (exact) mass is 929 g/mol. The number of rotatable bonds is 25. The van der Waals surface area contributed by atoms with Gasteiger partial charge in [0.2, 0.25) is 5.91 Å². The lowest BCUT2D eigenvalue weighted by atomic mass is 9.97. The smallest absolute Gasteiger partial charge is 0.330 e. The largest absolute Gasteiger partial charge is 0.481 e. The molecule has 0 bridgehead atoms. The highest BCUT2D eigenvalue weighted by atomic mass is 16.7. The maximum Gasteiger partial charge on any atom is 0.330 e. The summed E-state index contributed by atoms with van der Waals surface area (Å²) in [6, 6.07) is -2.56. The van der Waals surface area contributed by atoms with Gasteiger partial charge in [0.1, 0.15) is 61.0 Å². The number of ether oxygens (including phenoxy) is 5. The van der Waals surface area contributed by atoms with Crippen molar-refractivity contribution < 1.29 is 78.3 Å². The summed E-state index contributed by atoms with van der Waals surface area (Å²) in [5.74, 6) is -5.91. The van der Waals surface area contributed by atoms with E-state index in [1.54, 1.807) is 6.92 Å². The molecular formula is C42H67N5O18. The van der Waals surface area contributed by atoms with Crippen LogP contribution in [0, 0.1) is 5.92 Å². The van der Waals surface area contributed by atoms with E-state index in [0.29, 0.717) is 6.42 Å². The molecule has 1 aromatic rings. The number of carbonyl (C=O) groups is 5. The number of carboxylic acid groups (broad SMARTS) is 2. The molecule has 4 rings (SSSR count). The lowest BCUT2D eigenvalue weighted by Crippen LogP contribution is -2.59. The number of hydrogen-bond donors (Lipinski definition) is 8. The van der Waals surface area contributed by atoms with Gasteiger partial charge in [-0.3, -0.25) is 38.4 Å². The number of hydrogen-bond acceptors (Lipinski definition) is 18. The molecule has 14 atom stereocenters. The van der Waals surface area contributed by atoms with Crippen LogP contribution in [0.25, 0.3) is 0 Å². The van der Waals surface area contributed by atoms with Crippen molar-refractivity contribution in [3.8, 4) is 0 Å². The Bertz CT molecular complexity index is 1860. The molecule has 0 saturated carbocycles. The predicted molar refractivity (Wildman–Crippen MR) is 225 cm³/mol. The van der Waals surface area contributed by atoms with E-state index in [4.69, 9.17) is 34.5 Å². The molecule has 3 aliphatic rings. The fourth-order valence-electron chi connectivity index (χ4n) is 8.60. The van der Waals surface area contributed by atoms with E-state index in [0.717, 1.165) is 67.3 Å². The molecule has 1 aromatic heterocycles. The Hall–Kier alpha value is -4.33. The third-order valence-corrected chi connectivity index (χ3v) is 12.1.